The molecule has 4 rings (SSSR count). The summed E-state index contributed by atoms with van der Waals surface area (Å²) < 4.78 is 20.8. The number of fused-ring (bicyclic) bond motifs is 1. The molecule has 0 unspecified atom stereocenters. The number of rotatable bonds is 7. The Balaban J connectivity index is 1.57. The third-order valence-electron chi connectivity index (χ3n) is 4.78. The van der Waals surface area contributed by atoms with Crippen LogP contribution in [0.2, 0.25) is 0 Å². The minimum atomic E-state index is -0.301. The van der Waals surface area contributed by atoms with Crippen molar-refractivity contribution in [1.29, 1.82) is 0 Å². The molecular formula is C23H23FN4O2. The van der Waals surface area contributed by atoms with E-state index in [4.69, 9.17) is 4.42 Å². The van der Waals surface area contributed by atoms with Gasteiger partial charge in [0.05, 0.1) is 0 Å². The first-order valence-electron chi connectivity index (χ1n) is 9.92. The number of carbonyl (C=O) groups excluding carboxylic acids is 1. The lowest BCUT2D eigenvalue weighted by Crippen LogP contribution is -2.27. The zero-order chi connectivity index (χ0) is 21.1. The lowest BCUT2D eigenvalue weighted by molar-refractivity contribution is -0.121. The van der Waals surface area contributed by atoms with Gasteiger partial charge in [-0.3, -0.25) is 4.79 Å². The van der Waals surface area contributed by atoms with Crippen LogP contribution in [0.3, 0.4) is 0 Å². The Morgan fingerprint density at radius 1 is 1.13 bits per heavy atom. The van der Waals surface area contributed by atoms with Crippen LogP contribution in [0.15, 0.2) is 59.0 Å². The minimum Gasteiger partial charge on any atom is -0.419 e. The molecule has 0 radical (unpaired) electrons. The predicted octanol–water partition coefficient (Wildman–Crippen LogP) is 4.35. The molecule has 7 heteroatoms. The lowest BCUT2D eigenvalue weighted by atomic mass is 10.1. The Labute approximate surface area is 173 Å². The van der Waals surface area contributed by atoms with Crippen LogP contribution >= 0.6 is 0 Å². The van der Waals surface area contributed by atoms with Crippen molar-refractivity contribution in [3.8, 4) is 11.6 Å². The topological polar surface area (TPSA) is 73.0 Å². The monoisotopic (exact) mass is 406 g/mol. The van der Waals surface area contributed by atoms with Crippen LogP contribution < -0.4 is 5.32 Å². The fourth-order valence-corrected chi connectivity index (χ4v) is 3.35. The minimum absolute atomic E-state index is 0.103. The van der Waals surface area contributed by atoms with Crippen LogP contribution in [0.25, 0.3) is 22.5 Å². The average molecular weight is 406 g/mol. The molecule has 1 amide bonds. The predicted molar refractivity (Wildman–Crippen MR) is 112 cm³/mol. The molecule has 6 nitrogen and oxygen atoms in total. The van der Waals surface area contributed by atoms with E-state index in [0.29, 0.717) is 36.4 Å². The van der Waals surface area contributed by atoms with Gasteiger partial charge in [0.1, 0.15) is 18.1 Å². The van der Waals surface area contributed by atoms with Gasteiger partial charge in [-0.25, -0.2) is 4.39 Å². The summed E-state index contributed by atoms with van der Waals surface area (Å²) in [5.41, 5.74) is 2.45. The normalized spacial score (nSPS) is 11.3. The van der Waals surface area contributed by atoms with Gasteiger partial charge in [0.15, 0.2) is 0 Å². The summed E-state index contributed by atoms with van der Waals surface area (Å²) in [5.74, 6) is 0.918. The fourth-order valence-electron chi connectivity index (χ4n) is 3.35. The molecule has 0 aliphatic carbocycles. The van der Waals surface area contributed by atoms with E-state index in [-0.39, 0.29) is 18.3 Å². The van der Waals surface area contributed by atoms with Crippen molar-refractivity contribution in [2.24, 2.45) is 5.92 Å². The van der Waals surface area contributed by atoms with E-state index in [0.717, 1.165) is 16.5 Å². The smallest absolute Gasteiger partial charge is 0.264 e. The highest BCUT2D eigenvalue weighted by Gasteiger charge is 2.18. The summed E-state index contributed by atoms with van der Waals surface area (Å²) >= 11 is 0. The van der Waals surface area contributed by atoms with Gasteiger partial charge in [-0.15, -0.1) is 10.2 Å². The third-order valence-corrected chi connectivity index (χ3v) is 4.78. The Kier molecular flexibility index (Phi) is 5.61. The lowest BCUT2D eigenvalue weighted by Gasteiger charge is -2.10. The molecular weight excluding hydrogens is 383 g/mol. The van der Waals surface area contributed by atoms with Gasteiger partial charge in [0, 0.05) is 23.9 Å². The molecule has 0 saturated carbocycles. The summed E-state index contributed by atoms with van der Waals surface area (Å²) in [6, 6.07) is 15.8. The number of nitrogens with one attached hydrogen (secondary N) is 1. The molecule has 0 fully saturated rings. The molecule has 0 aliphatic rings. The number of carbonyl (C=O) groups is 1. The van der Waals surface area contributed by atoms with E-state index >= 15 is 0 Å². The Morgan fingerprint density at radius 2 is 1.90 bits per heavy atom. The molecule has 0 saturated heterocycles. The summed E-state index contributed by atoms with van der Waals surface area (Å²) in [6.07, 6.45) is 0.700. The second-order valence-corrected chi connectivity index (χ2v) is 7.68. The van der Waals surface area contributed by atoms with Crippen molar-refractivity contribution in [3.05, 3.63) is 71.9 Å². The first-order valence-corrected chi connectivity index (χ1v) is 9.92. The summed E-state index contributed by atoms with van der Waals surface area (Å²) in [6.45, 7) is 4.61. The number of hydrogen-bond acceptors (Lipinski definition) is 4. The summed E-state index contributed by atoms with van der Waals surface area (Å²) in [5, 5.41) is 12.2. The molecule has 4 aromatic rings. The maximum atomic E-state index is 13.1. The maximum absolute atomic E-state index is 13.1. The molecule has 2 heterocycles. The van der Waals surface area contributed by atoms with E-state index in [2.05, 4.69) is 29.4 Å². The van der Waals surface area contributed by atoms with Gasteiger partial charge in [0.25, 0.3) is 5.89 Å². The number of aromatic nitrogens is 3. The Hall–Kier alpha value is -3.48. The van der Waals surface area contributed by atoms with Crippen molar-refractivity contribution < 1.29 is 13.6 Å². The van der Waals surface area contributed by atoms with E-state index in [1.807, 2.05) is 34.9 Å². The van der Waals surface area contributed by atoms with Gasteiger partial charge >= 0.3 is 0 Å². The Bertz CT molecular complexity index is 1160. The zero-order valence-corrected chi connectivity index (χ0v) is 16.9. The number of benzene rings is 2. The van der Waals surface area contributed by atoms with Crippen LogP contribution in [0.5, 0.6) is 0 Å². The van der Waals surface area contributed by atoms with Crippen molar-refractivity contribution in [2.45, 2.75) is 33.4 Å². The first kappa shape index (κ1) is 19.8. The van der Waals surface area contributed by atoms with Crippen LogP contribution in [0.1, 0.15) is 25.3 Å². The highest BCUT2D eigenvalue weighted by atomic mass is 19.1. The van der Waals surface area contributed by atoms with Crippen molar-refractivity contribution >= 4 is 16.8 Å². The Morgan fingerprint density at radius 3 is 2.67 bits per heavy atom. The van der Waals surface area contributed by atoms with Crippen LogP contribution in [0, 0.1) is 11.7 Å². The molecule has 30 heavy (non-hydrogen) atoms. The number of para-hydroxylation sites is 1. The SMILES string of the molecule is CC(C)Cc1nnc(-c2cc3ccccc3n2CC(=O)NCc2ccc(F)cc2)o1. The highest BCUT2D eigenvalue weighted by molar-refractivity contribution is 5.88. The van der Waals surface area contributed by atoms with E-state index < -0.39 is 0 Å². The van der Waals surface area contributed by atoms with E-state index in [1.54, 1.807) is 12.1 Å². The highest BCUT2D eigenvalue weighted by Crippen LogP contribution is 2.28. The van der Waals surface area contributed by atoms with E-state index in [9.17, 15) is 9.18 Å². The number of nitrogens with zero attached hydrogens (tertiary/aromatic N) is 3. The summed E-state index contributed by atoms with van der Waals surface area (Å²) in [7, 11) is 0. The van der Waals surface area contributed by atoms with Crippen LogP contribution in [0.4, 0.5) is 4.39 Å². The second kappa shape index (κ2) is 8.49. The quantitative estimate of drug-likeness (QED) is 0.495. The standard InChI is InChI=1S/C23H23FN4O2/c1-15(2)11-22-26-27-23(30-22)20-12-17-5-3-4-6-19(17)28(20)14-21(29)25-13-16-7-9-18(24)10-8-16/h3-10,12,15H,11,13-14H2,1-2H3,(H,25,29). The number of halogens is 1. The number of hydrogen-bond donors (Lipinski definition) is 1. The van der Waals surface area contributed by atoms with Crippen LogP contribution in [-0.2, 0) is 24.3 Å². The van der Waals surface area contributed by atoms with E-state index in [1.165, 1.54) is 12.1 Å². The fraction of sp³-hybridized carbons (Fsp3) is 0.261. The van der Waals surface area contributed by atoms with Crippen molar-refractivity contribution in [1.82, 2.24) is 20.1 Å². The second-order valence-electron chi connectivity index (χ2n) is 7.68. The van der Waals surface area contributed by atoms with Gasteiger partial charge < -0.3 is 14.3 Å². The molecule has 0 bridgehead atoms. The third kappa shape index (κ3) is 4.40. The van der Waals surface area contributed by atoms with Crippen LogP contribution in [-0.4, -0.2) is 20.7 Å². The molecule has 2 aromatic carbocycles. The molecule has 2 aromatic heterocycles. The average Bonchev–Trinajstić information content (AvgIpc) is 3.32. The molecule has 0 spiro atoms. The molecule has 0 atom stereocenters. The largest absolute Gasteiger partial charge is 0.419 e. The molecule has 0 aliphatic heterocycles. The van der Waals surface area contributed by atoms with Crippen molar-refractivity contribution in [2.75, 3.05) is 0 Å². The van der Waals surface area contributed by atoms with Crippen molar-refractivity contribution in [3.63, 3.8) is 0 Å². The van der Waals surface area contributed by atoms with Gasteiger partial charge in [-0.05, 0) is 35.7 Å². The molecule has 154 valence electrons. The zero-order valence-electron chi connectivity index (χ0n) is 16.9. The maximum Gasteiger partial charge on any atom is 0.264 e. The molecule has 1 N–H and O–H groups in total. The van der Waals surface area contributed by atoms with Gasteiger partial charge in [0.2, 0.25) is 11.8 Å². The van der Waals surface area contributed by atoms with Gasteiger partial charge in [-0.2, -0.15) is 0 Å². The van der Waals surface area contributed by atoms with Gasteiger partial charge in [-0.1, -0.05) is 44.2 Å². The summed E-state index contributed by atoms with van der Waals surface area (Å²) in [4.78, 5) is 12.7. The first-order chi connectivity index (χ1) is 14.5. The number of amides is 1.